The Morgan fingerprint density at radius 1 is 1.28 bits per heavy atom. The Bertz CT molecular complexity index is 530. The van der Waals surface area contributed by atoms with Crippen molar-refractivity contribution in [3.05, 3.63) is 35.2 Å². The van der Waals surface area contributed by atoms with E-state index in [9.17, 15) is 0 Å². The highest BCUT2D eigenvalue weighted by atomic mass is 35.5. The molecule has 0 radical (unpaired) electrons. The van der Waals surface area contributed by atoms with Gasteiger partial charge in [0.2, 0.25) is 0 Å². The molecular formula is C15H18ClNS. The van der Waals surface area contributed by atoms with E-state index in [1.54, 1.807) is 0 Å². The lowest BCUT2D eigenvalue weighted by Gasteiger charge is -2.14. The van der Waals surface area contributed by atoms with Crippen molar-refractivity contribution in [2.75, 3.05) is 12.4 Å². The molecule has 1 N–H and O–H groups in total. The van der Waals surface area contributed by atoms with E-state index in [0.717, 1.165) is 25.4 Å². The number of alkyl halides is 1. The van der Waals surface area contributed by atoms with E-state index >= 15 is 0 Å². The fourth-order valence-corrected chi connectivity index (χ4v) is 3.89. The maximum atomic E-state index is 5.86. The molecule has 0 atom stereocenters. The minimum atomic E-state index is 0.521. The number of benzene rings is 1. The molecule has 1 aliphatic rings. The van der Waals surface area contributed by atoms with Gasteiger partial charge in [-0.3, -0.25) is 0 Å². The third kappa shape index (κ3) is 2.56. The van der Waals surface area contributed by atoms with Crippen LogP contribution in [-0.2, 0) is 6.54 Å². The van der Waals surface area contributed by atoms with Crippen molar-refractivity contribution in [2.24, 2.45) is 5.41 Å². The minimum absolute atomic E-state index is 0.521. The van der Waals surface area contributed by atoms with Crippen LogP contribution in [0, 0.1) is 5.41 Å². The largest absolute Gasteiger partial charge is 0.312 e. The molecule has 0 aliphatic heterocycles. The lowest BCUT2D eigenvalue weighted by atomic mass is 10.0. The maximum absolute atomic E-state index is 5.86. The average molecular weight is 280 g/mol. The Labute approximate surface area is 117 Å². The van der Waals surface area contributed by atoms with Gasteiger partial charge in [-0.2, -0.15) is 0 Å². The standard InChI is InChI=1S/C15H18ClNS/c16-8-7-15(5-6-15)11-17-9-12-10-18-14-4-2-1-3-13(12)14/h1-4,10,17H,5-9,11H2. The van der Waals surface area contributed by atoms with Crippen LogP contribution in [0.4, 0.5) is 0 Å². The second-order valence-electron chi connectivity index (χ2n) is 5.30. The molecule has 1 saturated carbocycles. The first-order valence-corrected chi connectivity index (χ1v) is 7.96. The van der Waals surface area contributed by atoms with Gasteiger partial charge < -0.3 is 5.32 Å². The first-order chi connectivity index (χ1) is 8.83. The van der Waals surface area contributed by atoms with E-state index in [4.69, 9.17) is 11.6 Å². The van der Waals surface area contributed by atoms with Gasteiger partial charge >= 0.3 is 0 Å². The van der Waals surface area contributed by atoms with E-state index in [0.29, 0.717) is 5.41 Å². The Hall–Kier alpha value is -0.570. The Kier molecular flexibility index (Phi) is 3.60. The Morgan fingerprint density at radius 3 is 2.89 bits per heavy atom. The van der Waals surface area contributed by atoms with Crippen LogP contribution in [0.15, 0.2) is 29.6 Å². The zero-order valence-corrected chi connectivity index (χ0v) is 12.0. The van der Waals surface area contributed by atoms with Gasteiger partial charge in [-0.15, -0.1) is 22.9 Å². The third-order valence-corrected chi connectivity index (χ3v) is 5.16. The number of rotatable bonds is 6. The van der Waals surface area contributed by atoms with Crippen molar-refractivity contribution >= 4 is 33.0 Å². The van der Waals surface area contributed by atoms with Gasteiger partial charge in [0, 0.05) is 23.7 Å². The zero-order valence-electron chi connectivity index (χ0n) is 10.4. The van der Waals surface area contributed by atoms with Crippen LogP contribution in [0.5, 0.6) is 0 Å². The van der Waals surface area contributed by atoms with Crippen molar-refractivity contribution in [1.82, 2.24) is 5.32 Å². The monoisotopic (exact) mass is 279 g/mol. The predicted molar refractivity (Wildman–Crippen MR) is 80.5 cm³/mol. The molecule has 1 nitrogen and oxygen atoms in total. The molecule has 1 fully saturated rings. The number of fused-ring (bicyclic) bond motifs is 1. The summed E-state index contributed by atoms with van der Waals surface area (Å²) in [5.41, 5.74) is 1.95. The summed E-state index contributed by atoms with van der Waals surface area (Å²) in [5, 5.41) is 7.29. The molecule has 0 bridgehead atoms. The molecule has 0 spiro atoms. The van der Waals surface area contributed by atoms with Gasteiger partial charge in [0.05, 0.1) is 0 Å². The highest BCUT2D eigenvalue weighted by molar-refractivity contribution is 7.17. The summed E-state index contributed by atoms with van der Waals surface area (Å²) >= 11 is 7.69. The van der Waals surface area contributed by atoms with Crippen molar-refractivity contribution in [3.8, 4) is 0 Å². The first-order valence-electron chi connectivity index (χ1n) is 6.55. The molecule has 2 aromatic rings. The predicted octanol–water partition coefficient (Wildman–Crippen LogP) is 4.40. The number of nitrogens with one attached hydrogen (secondary N) is 1. The quantitative estimate of drug-likeness (QED) is 0.773. The Morgan fingerprint density at radius 2 is 2.11 bits per heavy atom. The molecule has 3 heteroatoms. The highest BCUT2D eigenvalue weighted by Crippen LogP contribution is 2.48. The van der Waals surface area contributed by atoms with Crippen LogP contribution in [0.25, 0.3) is 10.1 Å². The molecular weight excluding hydrogens is 262 g/mol. The molecule has 18 heavy (non-hydrogen) atoms. The maximum Gasteiger partial charge on any atom is 0.0346 e. The summed E-state index contributed by atoms with van der Waals surface area (Å²) in [6, 6.07) is 8.64. The number of thiophene rings is 1. The highest BCUT2D eigenvalue weighted by Gasteiger charge is 2.41. The molecule has 1 aromatic heterocycles. The van der Waals surface area contributed by atoms with Gasteiger partial charge in [0.15, 0.2) is 0 Å². The zero-order chi connectivity index (χ0) is 12.4. The molecule has 0 unspecified atom stereocenters. The van der Waals surface area contributed by atoms with Crippen LogP contribution >= 0.6 is 22.9 Å². The lowest BCUT2D eigenvalue weighted by Crippen LogP contribution is -2.23. The summed E-state index contributed by atoms with van der Waals surface area (Å²) in [4.78, 5) is 0. The first kappa shape index (κ1) is 12.5. The van der Waals surface area contributed by atoms with E-state index in [1.807, 2.05) is 11.3 Å². The van der Waals surface area contributed by atoms with Crippen LogP contribution in [0.2, 0.25) is 0 Å². The molecule has 3 rings (SSSR count). The normalized spacial score (nSPS) is 17.2. The van der Waals surface area contributed by atoms with Crippen LogP contribution in [0.1, 0.15) is 24.8 Å². The molecule has 0 saturated heterocycles. The van der Waals surface area contributed by atoms with Gasteiger partial charge in [-0.1, -0.05) is 18.2 Å². The number of hydrogen-bond acceptors (Lipinski definition) is 2. The van der Waals surface area contributed by atoms with Gasteiger partial charge in [0.25, 0.3) is 0 Å². The minimum Gasteiger partial charge on any atom is -0.312 e. The number of halogens is 1. The summed E-state index contributed by atoms with van der Waals surface area (Å²) in [6.45, 7) is 2.10. The summed E-state index contributed by atoms with van der Waals surface area (Å²) in [6.07, 6.45) is 3.85. The van der Waals surface area contributed by atoms with Crippen molar-refractivity contribution < 1.29 is 0 Å². The summed E-state index contributed by atoms with van der Waals surface area (Å²) in [5.74, 6) is 0.795. The fourth-order valence-electron chi connectivity index (χ4n) is 2.52. The second kappa shape index (κ2) is 5.20. The number of hydrogen-bond donors (Lipinski definition) is 1. The third-order valence-electron chi connectivity index (χ3n) is 3.96. The Balaban J connectivity index is 1.60. The van der Waals surface area contributed by atoms with E-state index in [1.165, 1.54) is 28.5 Å². The fraction of sp³-hybridized carbons (Fsp3) is 0.467. The lowest BCUT2D eigenvalue weighted by molar-refractivity contribution is 0.446. The van der Waals surface area contributed by atoms with Gasteiger partial charge in [-0.05, 0) is 47.1 Å². The molecule has 96 valence electrons. The second-order valence-corrected chi connectivity index (χ2v) is 6.59. The SMILES string of the molecule is ClCCC1(CNCc2csc3ccccc23)CC1. The molecule has 0 amide bonds. The summed E-state index contributed by atoms with van der Waals surface area (Å²) < 4.78 is 1.39. The van der Waals surface area contributed by atoms with Crippen LogP contribution in [-0.4, -0.2) is 12.4 Å². The van der Waals surface area contributed by atoms with E-state index < -0.39 is 0 Å². The van der Waals surface area contributed by atoms with Crippen molar-refractivity contribution in [2.45, 2.75) is 25.8 Å². The smallest absolute Gasteiger partial charge is 0.0346 e. The molecule has 1 aromatic carbocycles. The van der Waals surface area contributed by atoms with Crippen LogP contribution < -0.4 is 5.32 Å². The van der Waals surface area contributed by atoms with E-state index in [-0.39, 0.29) is 0 Å². The molecule has 1 aliphatic carbocycles. The topological polar surface area (TPSA) is 12.0 Å². The van der Waals surface area contributed by atoms with Crippen molar-refractivity contribution in [3.63, 3.8) is 0 Å². The van der Waals surface area contributed by atoms with Crippen molar-refractivity contribution in [1.29, 1.82) is 0 Å². The van der Waals surface area contributed by atoms with Gasteiger partial charge in [-0.25, -0.2) is 0 Å². The summed E-state index contributed by atoms with van der Waals surface area (Å²) in [7, 11) is 0. The molecule has 1 heterocycles. The van der Waals surface area contributed by atoms with Gasteiger partial charge in [0.1, 0.15) is 0 Å². The van der Waals surface area contributed by atoms with Crippen LogP contribution in [0.3, 0.4) is 0 Å². The van der Waals surface area contributed by atoms with E-state index in [2.05, 4.69) is 35.0 Å². The average Bonchev–Trinajstić information content (AvgIpc) is 3.02.